The van der Waals surface area contributed by atoms with Crippen LogP contribution in [0.5, 0.6) is 0 Å². The van der Waals surface area contributed by atoms with E-state index in [1.165, 1.54) is 0 Å². The fourth-order valence-electron chi connectivity index (χ4n) is 2.39. The Labute approximate surface area is 128 Å². The van der Waals surface area contributed by atoms with Crippen LogP contribution in [0.25, 0.3) is 0 Å². The minimum atomic E-state index is -0.328. The first-order valence-electron chi connectivity index (χ1n) is 6.61. The molecule has 1 amide bonds. The van der Waals surface area contributed by atoms with Gasteiger partial charge in [0.25, 0.3) is 0 Å². The Hall–Kier alpha value is -0.810. The number of benzene rings is 1. The molecule has 0 radical (unpaired) electrons. The molecule has 0 aromatic heterocycles. The number of carbonyl (C=O) groups is 1. The van der Waals surface area contributed by atoms with E-state index in [0.29, 0.717) is 22.3 Å². The summed E-state index contributed by atoms with van der Waals surface area (Å²) in [5.74, 6) is 0.123. The molecular formula is C14H18Cl2N2O2. The van der Waals surface area contributed by atoms with Crippen molar-refractivity contribution in [3.05, 3.63) is 28.2 Å². The standard InChI is InChI=1S/C14H18Cl2N2O2/c1-9(19)10-5-6-18(7-10)8-13(20)17-12-4-2-3-11(15)14(12)16/h2-4,9-10,19H,5-8H2,1H3,(H,17,20). The van der Waals surface area contributed by atoms with Gasteiger partial charge >= 0.3 is 0 Å². The average molecular weight is 317 g/mol. The monoisotopic (exact) mass is 316 g/mol. The molecule has 2 unspecified atom stereocenters. The molecule has 0 saturated carbocycles. The molecule has 4 nitrogen and oxygen atoms in total. The smallest absolute Gasteiger partial charge is 0.238 e. The number of aliphatic hydroxyl groups excluding tert-OH is 1. The summed E-state index contributed by atoms with van der Waals surface area (Å²) in [4.78, 5) is 14.0. The van der Waals surface area contributed by atoms with Gasteiger partial charge in [-0.25, -0.2) is 0 Å². The van der Waals surface area contributed by atoms with E-state index in [4.69, 9.17) is 23.2 Å². The van der Waals surface area contributed by atoms with Gasteiger partial charge in [-0.05, 0) is 37.9 Å². The summed E-state index contributed by atoms with van der Waals surface area (Å²) in [5.41, 5.74) is 0.524. The zero-order valence-corrected chi connectivity index (χ0v) is 12.8. The summed E-state index contributed by atoms with van der Waals surface area (Å²) in [5, 5.41) is 13.1. The van der Waals surface area contributed by atoms with Crippen LogP contribution in [0.1, 0.15) is 13.3 Å². The number of amides is 1. The van der Waals surface area contributed by atoms with Crippen molar-refractivity contribution in [2.75, 3.05) is 25.0 Å². The Kier molecular flexibility index (Phi) is 5.27. The van der Waals surface area contributed by atoms with Gasteiger partial charge in [0.15, 0.2) is 0 Å². The average Bonchev–Trinajstić information content (AvgIpc) is 2.83. The van der Waals surface area contributed by atoms with Crippen LogP contribution in [-0.4, -0.2) is 41.7 Å². The number of likely N-dealkylation sites (tertiary alicyclic amines) is 1. The van der Waals surface area contributed by atoms with E-state index in [1.807, 2.05) is 4.90 Å². The SMILES string of the molecule is CC(O)C1CCN(CC(=O)Nc2cccc(Cl)c2Cl)C1. The summed E-state index contributed by atoms with van der Waals surface area (Å²) < 4.78 is 0. The van der Waals surface area contributed by atoms with Crippen LogP contribution in [-0.2, 0) is 4.79 Å². The first kappa shape index (κ1) is 15.6. The molecule has 1 aromatic carbocycles. The second-order valence-corrected chi connectivity index (χ2v) is 5.96. The summed E-state index contributed by atoms with van der Waals surface area (Å²) in [7, 11) is 0. The van der Waals surface area contributed by atoms with E-state index < -0.39 is 0 Å². The van der Waals surface area contributed by atoms with Crippen molar-refractivity contribution in [3.63, 3.8) is 0 Å². The van der Waals surface area contributed by atoms with E-state index in [-0.39, 0.29) is 17.9 Å². The molecule has 2 N–H and O–H groups in total. The Balaban J connectivity index is 1.89. The molecule has 1 heterocycles. The van der Waals surface area contributed by atoms with Crippen molar-refractivity contribution in [2.45, 2.75) is 19.4 Å². The van der Waals surface area contributed by atoms with Gasteiger partial charge in [-0.3, -0.25) is 9.69 Å². The normalized spacial score (nSPS) is 20.9. The van der Waals surface area contributed by atoms with Crippen molar-refractivity contribution in [3.8, 4) is 0 Å². The maximum atomic E-state index is 12.0. The van der Waals surface area contributed by atoms with Crippen LogP contribution in [0, 0.1) is 5.92 Å². The minimum absolute atomic E-state index is 0.125. The second-order valence-electron chi connectivity index (χ2n) is 5.17. The molecule has 0 bridgehead atoms. The zero-order chi connectivity index (χ0) is 14.7. The van der Waals surface area contributed by atoms with Gasteiger partial charge in [0.1, 0.15) is 0 Å². The van der Waals surface area contributed by atoms with Gasteiger partial charge < -0.3 is 10.4 Å². The second kappa shape index (κ2) is 6.76. The van der Waals surface area contributed by atoms with E-state index in [2.05, 4.69) is 5.32 Å². The highest BCUT2D eigenvalue weighted by Gasteiger charge is 2.27. The fraction of sp³-hybridized carbons (Fsp3) is 0.500. The molecule has 1 aliphatic rings. The topological polar surface area (TPSA) is 52.6 Å². The van der Waals surface area contributed by atoms with Crippen molar-refractivity contribution < 1.29 is 9.90 Å². The van der Waals surface area contributed by atoms with Gasteiger partial charge in [-0.15, -0.1) is 0 Å². The Bertz CT molecular complexity index is 494. The molecule has 110 valence electrons. The number of aliphatic hydroxyl groups is 1. The molecule has 0 spiro atoms. The summed E-state index contributed by atoms with van der Waals surface area (Å²) in [6.07, 6.45) is 0.591. The highest BCUT2D eigenvalue weighted by Crippen LogP contribution is 2.29. The molecule has 1 aromatic rings. The molecular weight excluding hydrogens is 299 g/mol. The Morgan fingerprint density at radius 2 is 2.30 bits per heavy atom. The number of hydrogen-bond donors (Lipinski definition) is 2. The van der Waals surface area contributed by atoms with E-state index in [9.17, 15) is 9.90 Å². The lowest BCUT2D eigenvalue weighted by Crippen LogP contribution is -2.32. The summed E-state index contributed by atoms with van der Waals surface area (Å²) in [6.45, 7) is 3.66. The molecule has 1 fully saturated rings. The fourth-order valence-corrected chi connectivity index (χ4v) is 2.74. The number of rotatable bonds is 4. The minimum Gasteiger partial charge on any atom is -0.393 e. The van der Waals surface area contributed by atoms with Crippen LogP contribution in [0.3, 0.4) is 0 Å². The van der Waals surface area contributed by atoms with E-state index in [0.717, 1.165) is 19.5 Å². The van der Waals surface area contributed by atoms with E-state index in [1.54, 1.807) is 25.1 Å². The van der Waals surface area contributed by atoms with Crippen LogP contribution in [0.2, 0.25) is 10.0 Å². The highest BCUT2D eigenvalue weighted by molar-refractivity contribution is 6.43. The number of carbonyl (C=O) groups excluding carboxylic acids is 1. The van der Waals surface area contributed by atoms with Crippen LogP contribution in [0.4, 0.5) is 5.69 Å². The maximum absolute atomic E-state index is 12.0. The summed E-state index contributed by atoms with van der Waals surface area (Å²) >= 11 is 11.9. The Morgan fingerprint density at radius 3 is 2.95 bits per heavy atom. The third-order valence-corrected chi connectivity index (χ3v) is 4.40. The predicted octanol–water partition coefficient (Wildman–Crippen LogP) is 2.63. The number of nitrogens with one attached hydrogen (secondary N) is 1. The van der Waals surface area contributed by atoms with Crippen LogP contribution >= 0.6 is 23.2 Å². The summed E-state index contributed by atoms with van der Waals surface area (Å²) in [6, 6.07) is 5.13. The molecule has 2 rings (SSSR count). The number of anilines is 1. The van der Waals surface area contributed by atoms with E-state index >= 15 is 0 Å². The third-order valence-electron chi connectivity index (χ3n) is 3.58. The van der Waals surface area contributed by atoms with Gasteiger partial charge in [-0.2, -0.15) is 0 Å². The number of nitrogens with zero attached hydrogens (tertiary/aromatic N) is 1. The quantitative estimate of drug-likeness (QED) is 0.897. The number of hydrogen-bond acceptors (Lipinski definition) is 3. The molecule has 20 heavy (non-hydrogen) atoms. The van der Waals surface area contributed by atoms with Crippen LogP contribution < -0.4 is 5.32 Å². The molecule has 0 aliphatic carbocycles. The van der Waals surface area contributed by atoms with Crippen molar-refractivity contribution in [2.24, 2.45) is 5.92 Å². The van der Waals surface area contributed by atoms with Crippen LogP contribution in [0.15, 0.2) is 18.2 Å². The molecule has 6 heteroatoms. The Morgan fingerprint density at radius 1 is 1.55 bits per heavy atom. The lowest BCUT2D eigenvalue weighted by Gasteiger charge is -2.17. The van der Waals surface area contributed by atoms with Crippen molar-refractivity contribution in [1.29, 1.82) is 0 Å². The molecule has 2 atom stereocenters. The van der Waals surface area contributed by atoms with Gasteiger partial charge in [0, 0.05) is 6.54 Å². The van der Waals surface area contributed by atoms with Gasteiger partial charge in [-0.1, -0.05) is 29.3 Å². The molecule has 1 aliphatic heterocycles. The first-order chi connectivity index (χ1) is 9.47. The van der Waals surface area contributed by atoms with Gasteiger partial charge in [0.2, 0.25) is 5.91 Å². The largest absolute Gasteiger partial charge is 0.393 e. The van der Waals surface area contributed by atoms with Crippen molar-refractivity contribution >= 4 is 34.8 Å². The number of halogens is 2. The highest BCUT2D eigenvalue weighted by atomic mass is 35.5. The third kappa shape index (κ3) is 3.85. The molecule has 1 saturated heterocycles. The van der Waals surface area contributed by atoms with Crippen molar-refractivity contribution in [1.82, 2.24) is 4.90 Å². The van der Waals surface area contributed by atoms with Gasteiger partial charge in [0.05, 0.1) is 28.4 Å². The maximum Gasteiger partial charge on any atom is 0.238 e. The first-order valence-corrected chi connectivity index (χ1v) is 7.37. The lowest BCUT2D eigenvalue weighted by atomic mass is 10.0. The lowest BCUT2D eigenvalue weighted by molar-refractivity contribution is -0.117. The zero-order valence-electron chi connectivity index (χ0n) is 11.3. The predicted molar refractivity (Wildman–Crippen MR) is 81.3 cm³/mol.